The minimum absolute atomic E-state index is 0.242. The van der Waals surface area contributed by atoms with E-state index >= 15 is 0 Å². The van der Waals surface area contributed by atoms with Crippen LogP contribution in [-0.2, 0) is 15.9 Å². The van der Waals surface area contributed by atoms with Gasteiger partial charge < -0.3 is 14.8 Å². The van der Waals surface area contributed by atoms with Crippen LogP contribution in [0.25, 0.3) is 0 Å². The lowest BCUT2D eigenvalue weighted by Crippen LogP contribution is -2.32. The average molecular weight is 277 g/mol. The standard InChI is InChI=1S/C17H27NO2/c1-3-18-15(8-6-11-19-2)13-17-16-9-5-4-7-14(16)10-12-20-17/h4-5,7,9,15,17-18H,3,6,8,10-13H2,1-2H3. The summed E-state index contributed by atoms with van der Waals surface area (Å²) in [5.74, 6) is 0. The Balaban J connectivity index is 1.96. The Kier molecular flexibility index (Phi) is 6.51. The van der Waals surface area contributed by atoms with Gasteiger partial charge in [0.05, 0.1) is 12.7 Å². The van der Waals surface area contributed by atoms with Gasteiger partial charge in [-0.1, -0.05) is 31.2 Å². The first-order chi connectivity index (χ1) is 9.85. The molecule has 112 valence electrons. The van der Waals surface area contributed by atoms with Gasteiger partial charge in [0.1, 0.15) is 0 Å². The molecule has 1 aromatic carbocycles. The summed E-state index contributed by atoms with van der Waals surface area (Å²) in [5.41, 5.74) is 2.84. The molecular weight excluding hydrogens is 250 g/mol. The Morgan fingerprint density at radius 1 is 1.40 bits per heavy atom. The molecule has 0 saturated heterocycles. The van der Waals surface area contributed by atoms with Gasteiger partial charge in [0, 0.05) is 19.8 Å². The second-order valence-corrected chi connectivity index (χ2v) is 5.43. The van der Waals surface area contributed by atoms with Gasteiger partial charge in [-0.2, -0.15) is 0 Å². The fourth-order valence-electron chi connectivity index (χ4n) is 3.00. The van der Waals surface area contributed by atoms with Gasteiger partial charge in [0.25, 0.3) is 0 Å². The summed E-state index contributed by atoms with van der Waals surface area (Å²) in [4.78, 5) is 0. The highest BCUT2D eigenvalue weighted by atomic mass is 16.5. The molecule has 2 unspecified atom stereocenters. The fourth-order valence-corrected chi connectivity index (χ4v) is 3.00. The van der Waals surface area contributed by atoms with Crippen molar-refractivity contribution in [3.05, 3.63) is 35.4 Å². The molecule has 2 atom stereocenters. The van der Waals surface area contributed by atoms with Crippen LogP contribution in [0.2, 0.25) is 0 Å². The highest BCUT2D eigenvalue weighted by Gasteiger charge is 2.23. The molecule has 2 rings (SSSR count). The molecule has 0 radical (unpaired) electrons. The lowest BCUT2D eigenvalue weighted by atomic mass is 9.92. The lowest BCUT2D eigenvalue weighted by Gasteiger charge is -2.29. The van der Waals surface area contributed by atoms with E-state index in [1.165, 1.54) is 11.1 Å². The lowest BCUT2D eigenvalue weighted by molar-refractivity contribution is 0.0282. The number of rotatable bonds is 8. The first-order valence-electron chi connectivity index (χ1n) is 7.76. The normalized spacial score (nSPS) is 19.6. The van der Waals surface area contributed by atoms with Crippen molar-refractivity contribution in [1.82, 2.24) is 5.32 Å². The largest absolute Gasteiger partial charge is 0.385 e. The number of benzene rings is 1. The molecule has 1 aromatic rings. The van der Waals surface area contributed by atoms with Crippen molar-refractivity contribution in [2.24, 2.45) is 0 Å². The maximum Gasteiger partial charge on any atom is 0.0842 e. The molecule has 3 nitrogen and oxygen atoms in total. The first kappa shape index (κ1) is 15.5. The molecule has 0 spiro atoms. The van der Waals surface area contributed by atoms with Gasteiger partial charge >= 0.3 is 0 Å². The van der Waals surface area contributed by atoms with E-state index in [1.54, 1.807) is 7.11 Å². The van der Waals surface area contributed by atoms with Crippen LogP contribution in [0.15, 0.2) is 24.3 Å². The molecule has 0 aromatic heterocycles. The summed E-state index contributed by atoms with van der Waals surface area (Å²) in [7, 11) is 1.77. The van der Waals surface area contributed by atoms with Crippen LogP contribution in [0, 0.1) is 0 Å². The molecule has 0 saturated carbocycles. The van der Waals surface area contributed by atoms with E-state index in [0.717, 1.165) is 45.4 Å². The summed E-state index contributed by atoms with van der Waals surface area (Å²) >= 11 is 0. The van der Waals surface area contributed by atoms with Gasteiger partial charge in [-0.05, 0) is 43.4 Å². The molecule has 0 aliphatic carbocycles. The smallest absolute Gasteiger partial charge is 0.0842 e. The van der Waals surface area contributed by atoms with Crippen molar-refractivity contribution >= 4 is 0 Å². The molecule has 1 aliphatic rings. The van der Waals surface area contributed by atoms with Gasteiger partial charge in [0.15, 0.2) is 0 Å². The third-order valence-electron chi connectivity index (χ3n) is 3.98. The van der Waals surface area contributed by atoms with Crippen LogP contribution in [0.4, 0.5) is 0 Å². The van der Waals surface area contributed by atoms with Crippen molar-refractivity contribution in [3.63, 3.8) is 0 Å². The third-order valence-corrected chi connectivity index (χ3v) is 3.98. The van der Waals surface area contributed by atoms with E-state index in [1.807, 2.05) is 0 Å². The van der Waals surface area contributed by atoms with Crippen molar-refractivity contribution in [3.8, 4) is 0 Å². The van der Waals surface area contributed by atoms with E-state index in [0.29, 0.717) is 6.04 Å². The van der Waals surface area contributed by atoms with Crippen LogP contribution >= 0.6 is 0 Å². The summed E-state index contributed by atoms with van der Waals surface area (Å²) in [6.45, 7) is 4.85. The number of methoxy groups -OCH3 is 1. The SMILES string of the molecule is CCNC(CCCOC)CC1OCCc2ccccc21. The Bertz CT molecular complexity index is 394. The van der Waals surface area contributed by atoms with E-state index in [4.69, 9.17) is 9.47 Å². The zero-order valence-corrected chi connectivity index (χ0v) is 12.7. The zero-order chi connectivity index (χ0) is 14.2. The quantitative estimate of drug-likeness (QED) is 0.741. The Morgan fingerprint density at radius 2 is 2.25 bits per heavy atom. The predicted molar refractivity (Wildman–Crippen MR) is 82.0 cm³/mol. The Labute approximate surface area is 122 Å². The van der Waals surface area contributed by atoms with Crippen LogP contribution in [0.3, 0.4) is 0 Å². The molecule has 0 fully saturated rings. The summed E-state index contributed by atoms with van der Waals surface area (Å²) in [6, 6.07) is 9.20. The summed E-state index contributed by atoms with van der Waals surface area (Å²) in [5, 5.41) is 3.58. The number of hydrogen-bond donors (Lipinski definition) is 1. The maximum absolute atomic E-state index is 6.02. The summed E-state index contributed by atoms with van der Waals surface area (Å²) < 4.78 is 11.2. The highest BCUT2D eigenvalue weighted by molar-refractivity contribution is 5.31. The zero-order valence-electron chi connectivity index (χ0n) is 12.7. The van der Waals surface area contributed by atoms with Gasteiger partial charge in [-0.25, -0.2) is 0 Å². The molecular formula is C17H27NO2. The van der Waals surface area contributed by atoms with Crippen LogP contribution < -0.4 is 5.32 Å². The first-order valence-corrected chi connectivity index (χ1v) is 7.76. The van der Waals surface area contributed by atoms with Crippen LogP contribution in [0.1, 0.15) is 43.4 Å². The Morgan fingerprint density at radius 3 is 3.05 bits per heavy atom. The molecule has 1 aliphatic heterocycles. The molecule has 1 N–H and O–H groups in total. The van der Waals surface area contributed by atoms with E-state index in [9.17, 15) is 0 Å². The van der Waals surface area contributed by atoms with E-state index in [-0.39, 0.29) is 6.10 Å². The second-order valence-electron chi connectivity index (χ2n) is 5.43. The molecule has 0 amide bonds. The molecule has 3 heteroatoms. The highest BCUT2D eigenvalue weighted by Crippen LogP contribution is 2.31. The van der Waals surface area contributed by atoms with E-state index < -0.39 is 0 Å². The fraction of sp³-hybridized carbons (Fsp3) is 0.647. The van der Waals surface area contributed by atoms with E-state index in [2.05, 4.69) is 36.5 Å². The number of hydrogen-bond acceptors (Lipinski definition) is 3. The van der Waals surface area contributed by atoms with Crippen molar-refractivity contribution < 1.29 is 9.47 Å². The van der Waals surface area contributed by atoms with Gasteiger partial charge in [-0.15, -0.1) is 0 Å². The van der Waals surface area contributed by atoms with Crippen LogP contribution in [-0.4, -0.2) is 32.9 Å². The third kappa shape index (κ3) is 4.30. The Hall–Kier alpha value is -0.900. The summed E-state index contributed by atoms with van der Waals surface area (Å²) in [6.07, 6.45) is 4.58. The number of ether oxygens (including phenoxy) is 2. The maximum atomic E-state index is 6.02. The van der Waals surface area contributed by atoms with Crippen molar-refractivity contribution in [2.45, 2.75) is 44.8 Å². The van der Waals surface area contributed by atoms with Gasteiger partial charge in [0.2, 0.25) is 0 Å². The topological polar surface area (TPSA) is 30.5 Å². The molecule has 20 heavy (non-hydrogen) atoms. The minimum atomic E-state index is 0.242. The van der Waals surface area contributed by atoms with Crippen molar-refractivity contribution in [1.29, 1.82) is 0 Å². The number of fused-ring (bicyclic) bond motifs is 1. The van der Waals surface area contributed by atoms with Gasteiger partial charge in [-0.3, -0.25) is 0 Å². The average Bonchev–Trinajstić information content (AvgIpc) is 2.48. The molecule has 1 heterocycles. The molecule has 0 bridgehead atoms. The predicted octanol–water partition coefficient (Wildman–Crippen LogP) is 3.10. The van der Waals surface area contributed by atoms with Crippen molar-refractivity contribution in [2.75, 3.05) is 26.9 Å². The second kappa shape index (κ2) is 8.40. The monoisotopic (exact) mass is 277 g/mol. The number of nitrogens with one attached hydrogen (secondary N) is 1. The minimum Gasteiger partial charge on any atom is -0.385 e. The van der Waals surface area contributed by atoms with Crippen LogP contribution in [0.5, 0.6) is 0 Å².